The van der Waals surface area contributed by atoms with Crippen LogP contribution in [0, 0.1) is 0 Å². The fraction of sp³-hybridized carbons (Fsp3) is 0.133. The quantitative estimate of drug-likeness (QED) is 0.600. The zero-order valence-corrected chi connectivity index (χ0v) is 14.7. The van der Waals surface area contributed by atoms with Gasteiger partial charge in [-0.1, -0.05) is 40.8 Å². The van der Waals surface area contributed by atoms with E-state index in [0.29, 0.717) is 22.4 Å². The van der Waals surface area contributed by atoms with Crippen molar-refractivity contribution in [1.29, 1.82) is 0 Å². The average molecular weight is 381 g/mol. The summed E-state index contributed by atoms with van der Waals surface area (Å²) in [4.78, 5) is 11.9. The van der Waals surface area contributed by atoms with Crippen LogP contribution >= 0.6 is 34.7 Å². The van der Waals surface area contributed by atoms with Crippen molar-refractivity contribution in [3.8, 4) is 0 Å². The Hall–Kier alpha value is -2.03. The molecule has 9 heteroatoms. The summed E-state index contributed by atoms with van der Waals surface area (Å²) in [5.74, 6) is 0.946. The van der Waals surface area contributed by atoms with Crippen LogP contribution in [0.5, 0.6) is 0 Å². The zero-order valence-electron chi connectivity index (χ0n) is 12.4. The number of furan rings is 1. The summed E-state index contributed by atoms with van der Waals surface area (Å²) >= 11 is 8.61. The topological polar surface area (TPSA) is 80.1 Å². The largest absolute Gasteiger partial charge is 0.467 e. The summed E-state index contributed by atoms with van der Waals surface area (Å²) in [6.07, 6.45) is 1.62. The minimum atomic E-state index is -0.123. The Bertz CT molecular complexity index is 807. The highest BCUT2D eigenvalue weighted by Gasteiger charge is 2.09. The van der Waals surface area contributed by atoms with Gasteiger partial charge in [0.25, 0.3) is 0 Å². The van der Waals surface area contributed by atoms with Crippen LogP contribution in [-0.2, 0) is 11.3 Å². The molecule has 0 saturated heterocycles. The normalized spacial score (nSPS) is 10.5. The second-order valence-electron chi connectivity index (χ2n) is 4.65. The lowest BCUT2D eigenvalue weighted by atomic mass is 10.3. The first-order valence-corrected chi connectivity index (χ1v) is 9.15. The highest BCUT2D eigenvalue weighted by molar-refractivity contribution is 8.01. The summed E-state index contributed by atoms with van der Waals surface area (Å²) in [5.41, 5.74) is 0.672. The molecule has 3 rings (SSSR count). The van der Waals surface area contributed by atoms with E-state index in [1.807, 2.05) is 12.1 Å². The fourth-order valence-corrected chi connectivity index (χ4v) is 3.54. The summed E-state index contributed by atoms with van der Waals surface area (Å²) in [6, 6.07) is 10.7. The van der Waals surface area contributed by atoms with Gasteiger partial charge in [0.15, 0.2) is 4.34 Å². The standard InChI is InChI=1S/C15H13ClN4O2S2/c16-10-3-1-4-11(7-10)18-13(21)9-23-15-20-19-14(24-15)17-8-12-5-2-6-22-12/h1-7H,8-9H2,(H,17,19)(H,18,21). The van der Waals surface area contributed by atoms with E-state index in [4.69, 9.17) is 16.0 Å². The van der Waals surface area contributed by atoms with Gasteiger partial charge in [-0.3, -0.25) is 4.79 Å². The van der Waals surface area contributed by atoms with E-state index < -0.39 is 0 Å². The number of hydrogen-bond acceptors (Lipinski definition) is 7. The Morgan fingerprint density at radius 1 is 1.29 bits per heavy atom. The van der Waals surface area contributed by atoms with Gasteiger partial charge in [0.05, 0.1) is 18.6 Å². The summed E-state index contributed by atoms with van der Waals surface area (Å²) < 4.78 is 5.95. The molecular formula is C15H13ClN4O2S2. The molecule has 0 atom stereocenters. The van der Waals surface area contributed by atoms with Crippen molar-refractivity contribution >= 4 is 51.4 Å². The number of rotatable bonds is 7. The lowest BCUT2D eigenvalue weighted by Crippen LogP contribution is -2.13. The molecule has 0 saturated carbocycles. The third-order valence-electron chi connectivity index (χ3n) is 2.84. The van der Waals surface area contributed by atoms with Crippen molar-refractivity contribution in [2.24, 2.45) is 0 Å². The molecular weight excluding hydrogens is 368 g/mol. The van der Waals surface area contributed by atoms with Gasteiger partial charge in [0, 0.05) is 10.7 Å². The Labute approximate surface area is 151 Å². The highest BCUT2D eigenvalue weighted by Crippen LogP contribution is 2.26. The van der Waals surface area contributed by atoms with Crippen LogP contribution in [0.3, 0.4) is 0 Å². The molecule has 124 valence electrons. The molecule has 6 nitrogen and oxygen atoms in total. The molecule has 1 aromatic carbocycles. The zero-order chi connectivity index (χ0) is 16.8. The highest BCUT2D eigenvalue weighted by atomic mass is 35.5. The first kappa shape index (κ1) is 16.8. The van der Waals surface area contributed by atoms with Crippen molar-refractivity contribution in [3.05, 3.63) is 53.4 Å². The van der Waals surface area contributed by atoms with Crippen LogP contribution in [0.4, 0.5) is 10.8 Å². The van der Waals surface area contributed by atoms with E-state index in [0.717, 1.165) is 10.1 Å². The van der Waals surface area contributed by atoms with Gasteiger partial charge in [0.1, 0.15) is 5.76 Å². The van der Waals surface area contributed by atoms with Crippen molar-refractivity contribution in [2.75, 3.05) is 16.4 Å². The molecule has 0 aliphatic heterocycles. The molecule has 0 unspecified atom stereocenters. The number of halogens is 1. The van der Waals surface area contributed by atoms with Gasteiger partial charge in [-0.2, -0.15) is 0 Å². The number of amides is 1. The molecule has 0 aliphatic carbocycles. The minimum Gasteiger partial charge on any atom is -0.467 e. The molecule has 0 fully saturated rings. The minimum absolute atomic E-state index is 0.123. The van der Waals surface area contributed by atoms with E-state index in [-0.39, 0.29) is 11.7 Å². The van der Waals surface area contributed by atoms with Crippen LogP contribution in [0.15, 0.2) is 51.4 Å². The van der Waals surface area contributed by atoms with E-state index in [9.17, 15) is 4.79 Å². The molecule has 0 bridgehead atoms. The fourth-order valence-electron chi connectivity index (χ4n) is 1.81. The molecule has 2 N–H and O–H groups in total. The molecule has 0 aliphatic rings. The lowest BCUT2D eigenvalue weighted by molar-refractivity contribution is -0.113. The van der Waals surface area contributed by atoms with Crippen LogP contribution < -0.4 is 10.6 Å². The maximum absolute atomic E-state index is 11.9. The third-order valence-corrected chi connectivity index (χ3v) is 5.08. The van der Waals surface area contributed by atoms with Gasteiger partial charge in [-0.05, 0) is 30.3 Å². The summed E-state index contributed by atoms with van der Waals surface area (Å²) in [5, 5.41) is 15.3. The first-order chi connectivity index (χ1) is 11.7. The molecule has 0 radical (unpaired) electrons. The average Bonchev–Trinajstić information content (AvgIpc) is 3.23. The van der Waals surface area contributed by atoms with Crippen LogP contribution in [0.25, 0.3) is 0 Å². The van der Waals surface area contributed by atoms with Crippen molar-refractivity contribution in [1.82, 2.24) is 10.2 Å². The van der Waals surface area contributed by atoms with Crippen LogP contribution in [-0.4, -0.2) is 21.9 Å². The smallest absolute Gasteiger partial charge is 0.234 e. The maximum Gasteiger partial charge on any atom is 0.234 e. The Balaban J connectivity index is 1.45. The van der Waals surface area contributed by atoms with Crippen molar-refractivity contribution in [2.45, 2.75) is 10.9 Å². The Kier molecular flexibility index (Phi) is 5.73. The molecule has 0 spiro atoms. The summed E-state index contributed by atoms with van der Waals surface area (Å²) in [6.45, 7) is 0.543. The predicted octanol–water partition coefficient (Wildman–Crippen LogP) is 4.13. The number of thioether (sulfide) groups is 1. The monoisotopic (exact) mass is 380 g/mol. The molecule has 2 heterocycles. The molecule has 3 aromatic rings. The number of nitrogens with one attached hydrogen (secondary N) is 2. The van der Waals surface area contributed by atoms with Gasteiger partial charge in [0.2, 0.25) is 11.0 Å². The van der Waals surface area contributed by atoms with E-state index in [1.54, 1.807) is 30.5 Å². The Morgan fingerprint density at radius 3 is 3.00 bits per heavy atom. The first-order valence-electron chi connectivity index (χ1n) is 6.97. The lowest BCUT2D eigenvalue weighted by Gasteiger charge is -2.04. The number of benzene rings is 1. The van der Waals surface area contributed by atoms with Gasteiger partial charge < -0.3 is 15.1 Å². The number of nitrogens with zero attached hydrogens (tertiary/aromatic N) is 2. The van der Waals surface area contributed by atoms with E-state index in [2.05, 4.69) is 20.8 Å². The SMILES string of the molecule is O=C(CSc1nnc(NCc2ccco2)s1)Nc1cccc(Cl)c1. The maximum atomic E-state index is 11.9. The van der Waals surface area contributed by atoms with Gasteiger partial charge >= 0.3 is 0 Å². The van der Waals surface area contributed by atoms with E-state index >= 15 is 0 Å². The third kappa shape index (κ3) is 4.98. The Morgan fingerprint density at radius 2 is 2.21 bits per heavy atom. The van der Waals surface area contributed by atoms with Gasteiger partial charge in [-0.25, -0.2) is 0 Å². The molecule has 1 amide bonds. The van der Waals surface area contributed by atoms with Crippen LogP contribution in [0.1, 0.15) is 5.76 Å². The number of hydrogen-bond donors (Lipinski definition) is 2. The molecule has 24 heavy (non-hydrogen) atoms. The number of aromatic nitrogens is 2. The van der Waals surface area contributed by atoms with E-state index in [1.165, 1.54) is 23.1 Å². The predicted molar refractivity (Wildman–Crippen MR) is 96.7 cm³/mol. The van der Waals surface area contributed by atoms with Crippen molar-refractivity contribution < 1.29 is 9.21 Å². The van der Waals surface area contributed by atoms with Crippen LogP contribution in [0.2, 0.25) is 5.02 Å². The summed E-state index contributed by atoms with van der Waals surface area (Å²) in [7, 11) is 0. The second-order valence-corrected chi connectivity index (χ2v) is 7.29. The van der Waals surface area contributed by atoms with Gasteiger partial charge in [-0.15, -0.1) is 10.2 Å². The number of anilines is 2. The van der Waals surface area contributed by atoms with Crippen molar-refractivity contribution in [3.63, 3.8) is 0 Å². The molecule has 2 aromatic heterocycles. The number of carbonyl (C=O) groups excluding carboxylic acids is 1. The second kappa shape index (κ2) is 8.18. The number of carbonyl (C=O) groups is 1.